The second kappa shape index (κ2) is 6.13. The molecule has 2 heterocycles. The van der Waals surface area contributed by atoms with E-state index in [2.05, 4.69) is 5.38 Å². The van der Waals surface area contributed by atoms with Gasteiger partial charge in [-0.25, -0.2) is 4.98 Å². The first-order valence-corrected chi connectivity index (χ1v) is 8.15. The summed E-state index contributed by atoms with van der Waals surface area (Å²) in [4.78, 5) is 4.82. The third-order valence-corrected chi connectivity index (χ3v) is 4.85. The van der Waals surface area contributed by atoms with Crippen molar-refractivity contribution in [3.8, 4) is 11.3 Å². The minimum absolute atomic E-state index is 0.274. The quantitative estimate of drug-likeness (QED) is 0.879. The first kappa shape index (κ1) is 14.5. The Bertz CT molecular complexity index is 583. The predicted octanol–water partition coefficient (Wildman–Crippen LogP) is 3.43. The summed E-state index contributed by atoms with van der Waals surface area (Å²) in [6.45, 7) is 4.19. The van der Waals surface area contributed by atoms with Crippen LogP contribution in [0, 0.1) is 0 Å². The highest BCUT2D eigenvalue weighted by Crippen LogP contribution is 2.39. The van der Waals surface area contributed by atoms with Crippen LogP contribution in [0.2, 0.25) is 0 Å². The van der Waals surface area contributed by atoms with Crippen molar-refractivity contribution in [3.05, 3.63) is 34.7 Å². The molecular weight excluding hydrogens is 284 g/mol. The monoisotopic (exact) mass is 304 g/mol. The molecular formula is C16H20N2O2S. The molecule has 2 N–H and O–H groups in total. The lowest BCUT2D eigenvalue weighted by atomic mass is 9.94. The van der Waals surface area contributed by atoms with Crippen LogP contribution in [0.5, 0.6) is 0 Å². The van der Waals surface area contributed by atoms with Crippen molar-refractivity contribution in [3.63, 3.8) is 0 Å². The molecule has 4 nitrogen and oxygen atoms in total. The van der Waals surface area contributed by atoms with Gasteiger partial charge >= 0.3 is 0 Å². The topological polar surface area (TPSA) is 57.4 Å². The van der Waals surface area contributed by atoms with Gasteiger partial charge in [0.25, 0.3) is 0 Å². The third-order valence-electron chi connectivity index (χ3n) is 3.82. The largest absolute Gasteiger partial charge is 0.399 e. The van der Waals surface area contributed by atoms with Crippen LogP contribution in [0.3, 0.4) is 0 Å². The van der Waals surface area contributed by atoms with E-state index in [4.69, 9.17) is 20.2 Å². The number of hydrogen-bond donors (Lipinski definition) is 1. The number of aromatic nitrogens is 1. The van der Waals surface area contributed by atoms with Crippen LogP contribution < -0.4 is 5.73 Å². The van der Waals surface area contributed by atoms with Crippen LogP contribution in [0.1, 0.15) is 24.8 Å². The van der Waals surface area contributed by atoms with Gasteiger partial charge in [0.15, 0.2) is 0 Å². The summed E-state index contributed by atoms with van der Waals surface area (Å²) in [6, 6.07) is 7.82. The lowest BCUT2D eigenvalue weighted by Gasteiger charge is -2.35. The van der Waals surface area contributed by atoms with Gasteiger partial charge in [0, 0.05) is 49.3 Å². The van der Waals surface area contributed by atoms with Crippen LogP contribution in [-0.4, -0.2) is 24.8 Å². The fourth-order valence-corrected chi connectivity index (χ4v) is 3.71. The number of hydrogen-bond acceptors (Lipinski definition) is 5. The van der Waals surface area contributed by atoms with Crippen molar-refractivity contribution in [1.82, 2.24) is 4.98 Å². The predicted molar refractivity (Wildman–Crippen MR) is 85.3 cm³/mol. The van der Waals surface area contributed by atoms with Gasteiger partial charge in [0.05, 0.1) is 5.69 Å². The summed E-state index contributed by atoms with van der Waals surface area (Å²) in [5.41, 5.74) is 8.30. The van der Waals surface area contributed by atoms with Gasteiger partial charge in [-0.2, -0.15) is 0 Å². The molecule has 0 saturated carbocycles. The highest BCUT2D eigenvalue weighted by Gasteiger charge is 2.38. The number of nitrogens with zero attached hydrogens (tertiary/aromatic N) is 1. The maximum atomic E-state index is 6.07. The van der Waals surface area contributed by atoms with Gasteiger partial charge in [-0.05, 0) is 19.1 Å². The van der Waals surface area contributed by atoms with E-state index in [1.54, 1.807) is 11.3 Å². The molecule has 1 aliphatic rings. The molecule has 1 saturated heterocycles. The number of ether oxygens (including phenoxy) is 2. The SMILES string of the molecule is CCOC1(c2nc(-c3ccc(N)cc3)cs2)CCOCC1. The molecule has 112 valence electrons. The number of thiazole rings is 1. The lowest BCUT2D eigenvalue weighted by Crippen LogP contribution is -2.36. The molecule has 2 aromatic rings. The second-order valence-electron chi connectivity index (χ2n) is 5.20. The fraction of sp³-hybridized carbons (Fsp3) is 0.438. The van der Waals surface area contributed by atoms with E-state index in [0.29, 0.717) is 6.61 Å². The standard InChI is InChI=1S/C16H20N2O2S/c1-2-20-16(7-9-19-10-8-16)15-18-14(11-21-15)12-3-5-13(17)6-4-12/h3-6,11H,2,7-10,17H2,1H3. The molecule has 0 unspecified atom stereocenters. The van der Waals surface area contributed by atoms with E-state index in [9.17, 15) is 0 Å². The molecule has 0 atom stereocenters. The molecule has 0 spiro atoms. The van der Waals surface area contributed by atoms with Crippen LogP contribution >= 0.6 is 11.3 Å². The van der Waals surface area contributed by atoms with Crippen molar-refractivity contribution in [2.75, 3.05) is 25.6 Å². The first-order valence-electron chi connectivity index (χ1n) is 7.27. The molecule has 0 bridgehead atoms. The number of benzene rings is 1. The Morgan fingerprint density at radius 2 is 2.00 bits per heavy atom. The number of nitrogens with two attached hydrogens (primary N) is 1. The molecule has 0 radical (unpaired) electrons. The van der Waals surface area contributed by atoms with E-state index in [1.807, 2.05) is 31.2 Å². The van der Waals surface area contributed by atoms with Crippen molar-refractivity contribution in [2.45, 2.75) is 25.4 Å². The maximum absolute atomic E-state index is 6.07. The van der Waals surface area contributed by atoms with Crippen molar-refractivity contribution >= 4 is 17.0 Å². The zero-order chi connectivity index (χ0) is 14.7. The van der Waals surface area contributed by atoms with Crippen LogP contribution in [0.15, 0.2) is 29.6 Å². The van der Waals surface area contributed by atoms with Crippen LogP contribution in [0.4, 0.5) is 5.69 Å². The fourth-order valence-electron chi connectivity index (χ4n) is 2.67. The van der Waals surface area contributed by atoms with Gasteiger partial charge in [0.1, 0.15) is 10.6 Å². The molecule has 1 fully saturated rings. The second-order valence-corrected chi connectivity index (χ2v) is 6.06. The van der Waals surface area contributed by atoms with Gasteiger partial charge < -0.3 is 15.2 Å². The zero-order valence-corrected chi connectivity index (χ0v) is 13.0. The summed E-state index contributed by atoms with van der Waals surface area (Å²) in [7, 11) is 0. The average Bonchev–Trinajstić information content (AvgIpc) is 3.00. The number of anilines is 1. The zero-order valence-electron chi connectivity index (χ0n) is 12.2. The molecule has 1 aliphatic heterocycles. The van der Waals surface area contributed by atoms with Crippen molar-refractivity contribution < 1.29 is 9.47 Å². The summed E-state index contributed by atoms with van der Waals surface area (Å²) in [5.74, 6) is 0. The Balaban J connectivity index is 1.90. The Kier molecular flexibility index (Phi) is 4.24. The highest BCUT2D eigenvalue weighted by atomic mass is 32.1. The van der Waals surface area contributed by atoms with Crippen LogP contribution in [-0.2, 0) is 15.1 Å². The number of rotatable bonds is 4. The summed E-state index contributed by atoms with van der Waals surface area (Å²) >= 11 is 1.67. The normalized spacial score (nSPS) is 17.8. The Morgan fingerprint density at radius 1 is 1.29 bits per heavy atom. The molecule has 1 aromatic carbocycles. The Labute approximate surface area is 128 Å². The molecule has 0 amide bonds. The highest BCUT2D eigenvalue weighted by molar-refractivity contribution is 7.10. The minimum Gasteiger partial charge on any atom is -0.399 e. The van der Waals surface area contributed by atoms with Gasteiger partial charge in [0.2, 0.25) is 0 Å². The van der Waals surface area contributed by atoms with E-state index in [1.165, 1.54) is 0 Å². The third kappa shape index (κ3) is 2.95. The van der Waals surface area contributed by atoms with Gasteiger partial charge in [-0.3, -0.25) is 0 Å². The minimum atomic E-state index is -0.274. The molecule has 21 heavy (non-hydrogen) atoms. The van der Waals surface area contributed by atoms with Crippen molar-refractivity contribution in [1.29, 1.82) is 0 Å². The van der Waals surface area contributed by atoms with E-state index < -0.39 is 0 Å². The summed E-state index contributed by atoms with van der Waals surface area (Å²) in [6.07, 6.45) is 1.74. The number of nitrogen functional groups attached to an aromatic ring is 1. The smallest absolute Gasteiger partial charge is 0.126 e. The maximum Gasteiger partial charge on any atom is 0.126 e. The van der Waals surface area contributed by atoms with Crippen LogP contribution in [0.25, 0.3) is 11.3 Å². The van der Waals surface area contributed by atoms with E-state index in [0.717, 1.165) is 48.0 Å². The van der Waals surface area contributed by atoms with Gasteiger partial charge in [-0.15, -0.1) is 11.3 Å². The summed E-state index contributed by atoms with van der Waals surface area (Å²) in [5, 5.41) is 3.15. The van der Waals surface area contributed by atoms with Crippen molar-refractivity contribution in [2.24, 2.45) is 0 Å². The van der Waals surface area contributed by atoms with Gasteiger partial charge in [-0.1, -0.05) is 12.1 Å². The Hall–Kier alpha value is -1.43. The Morgan fingerprint density at radius 3 is 2.67 bits per heavy atom. The first-order chi connectivity index (χ1) is 10.2. The molecule has 3 rings (SSSR count). The molecule has 1 aromatic heterocycles. The molecule has 5 heteroatoms. The van der Waals surface area contributed by atoms with E-state index in [-0.39, 0.29) is 5.60 Å². The summed E-state index contributed by atoms with van der Waals surface area (Å²) < 4.78 is 11.6. The molecule has 0 aliphatic carbocycles. The lowest BCUT2D eigenvalue weighted by molar-refractivity contribution is -0.112. The van der Waals surface area contributed by atoms with E-state index >= 15 is 0 Å². The average molecular weight is 304 g/mol.